The number of hydrogen-bond acceptors (Lipinski definition) is 4. The van der Waals surface area contributed by atoms with Crippen LogP contribution in [0.15, 0.2) is 24.3 Å². The third-order valence-corrected chi connectivity index (χ3v) is 4.38. The first-order chi connectivity index (χ1) is 9.34. The summed E-state index contributed by atoms with van der Waals surface area (Å²) in [7, 11) is -3.22. The largest absolute Gasteiger partial charge is 0.393 e. The summed E-state index contributed by atoms with van der Waals surface area (Å²) in [6.07, 6.45) is 0.402. The van der Waals surface area contributed by atoms with E-state index in [9.17, 15) is 13.5 Å². The molecule has 0 aliphatic carbocycles. The Morgan fingerprint density at radius 2 is 1.80 bits per heavy atom. The molecule has 6 heteroatoms. The van der Waals surface area contributed by atoms with E-state index in [4.69, 9.17) is 0 Å². The first-order valence-corrected chi connectivity index (χ1v) is 8.51. The Morgan fingerprint density at radius 1 is 1.20 bits per heavy atom. The summed E-state index contributed by atoms with van der Waals surface area (Å²) < 4.78 is 25.4. The molecule has 2 atom stereocenters. The van der Waals surface area contributed by atoms with Crippen molar-refractivity contribution in [2.24, 2.45) is 0 Å². The fourth-order valence-electron chi connectivity index (χ4n) is 1.72. The van der Waals surface area contributed by atoms with Gasteiger partial charge in [-0.05, 0) is 51.4 Å². The molecule has 1 aromatic rings. The number of sulfonamides is 1. The van der Waals surface area contributed by atoms with E-state index >= 15 is 0 Å². The minimum atomic E-state index is -3.22. The van der Waals surface area contributed by atoms with Crippen molar-refractivity contribution in [2.75, 3.05) is 17.0 Å². The number of nitrogens with one attached hydrogen (secondary N) is 2. The van der Waals surface area contributed by atoms with Gasteiger partial charge < -0.3 is 10.4 Å². The van der Waals surface area contributed by atoms with Crippen LogP contribution in [-0.2, 0) is 10.0 Å². The predicted octanol–water partition coefficient (Wildman–Crippen LogP) is 1.87. The molecule has 0 aliphatic heterocycles. The average molecular weight is 300 g/mol. The van der Waals surface area contributed by atoms with Gasteiger partial charge in [-0.15, -0.1) is 0 Å². The molecule has 0 spiro atoms. The number of rotatable bonds is 8. The van der Waals surface area contributed by atoms with Crippen LogP contribution in [0.5, 0.6) is 0 Å². The molecule has 1 aromatic carbocycles. The molecule has 0 radical (unpaired) electrons. The van der Waals surface area contributed by atoms with Gasteiger partial charge in [0.15, 0.2) is 0 Å². The SMILES string of the molecule is CCS(=O)(=O)Nc1ccc(C(C)NCCC(C)O)cc1. The van der Waals surface area contributed by atoms with Crippen molar-refractivity contribution in [1.29, 1.82) is 0 Å². The van der Waals surface area contributed by atoms with Gasteiger partial charge >= 0.3 is 0 Å². The molecule has 0 saturated heterocycles. The Morgan fingerprint density at radius 3 is 2.30 bits per heavy atom. The molecule has 0 heterocycles. The number of benzene rings is 1. The Kier molecular flexibility index (Phi) is 6.45. The second kappa shape index (κ2) is 7.61. The Labute approximate surface area is 121 Å². The van der Waals surface area contributed by atoms with E-state index in [0.717, 1.165) is 12.1 Å². The zero-order valence-corrected chi connectivity index (χ0v) is 13.1. The summed E-state index contributed by atoms with van der Waals surface area (Å²) in [6, 6.07) is 7.47. The highest BCUT2D eigenvalue weighted by molar-refractivity contribution is 7.92. The van der Waals surface area contributed by atoms with E-state index in [1.807, 2.05) is 19.1 Å². The summed E-state index contributed by atoms with van der Waals surface area (Å²) >= 11 is 0. The van der Waals surface area contributed by atoms with Crippen LogP contribution in [0.1, 0.15) is 38.8 Å². The van der Waals surface area contributed by atoms with E-state index < -0.39 is 10.0 Å². The normalized spacial score (nSPS) is 14.8. The number of anilines is 1. The van der Waals surface area contributed by atoms with Gasteiger partial charge in [0, 0.05) is 11.7 Å². The first-order valence-electron chi connectivity index (χ1n) is 6.86. The smallest absolute Gasteiger partial charge is 0.232 e. The van der Waals surface area contributed by atoms with E-state index in [0.29, 0.717) is 12.1 Å². The van der Waals surface area contributed by atoms with Gasteiger partial charge in [-0.2, -0.15) is 0 Å². The lowest BCUT2D eigenvalue weighted by Gasteiger charge is -2.15. The Hall–Kier alpha value is -1.11. The molecule has 0 fully saturated rings. The molecule has 0 aromatic heterocycles. The summed E-state index contributed by atoms with van der Waals surface area (Å²) in [4.78, 5) is 0. The molecular formula is C14H24N2O3S. The fraction of sp³-hybridized carbons (Fsp3) is 0.571. The summed E-state index contributed by atoms with van der Waals surface area (Å²) in [6.45, 7) is 6.14. The van der Waals surface area contributed by atoms with Gasteiger partial charge in [-0.3, -0.25) is 4.72 Å². The van der Waals surface area contributed by atoms with Gasteiger partial charge in [0.25, 0.3) is 0 Å². The van der Waals surface area contributed by atoms with Crippen molar-refractivity contribution < 1.29 is 13.5 Å². The van der Waals surface area contributed by atoms with Crippen LogP contribution in [0.25, 0.3) is 0 Å². The van der Waals surface area contributed by atoms with Crippen LogP contribution in [0, 0.1) is 0 Å². The molecule has 3 N–H and O–H groups in total. The first kappa shape index (κ1) is 16.9. The van der Waals surface area contributed by atoms with Crippen LogP contribution < -0.4 is 10.0 Å². The molecule has 20 heavy (non-hydrogen) atoms. The minimum absolute atomic E-state index is 0.0616. The predicted molar refractivity (Wildman–Crippen MR) is 82.2 cm³/mol. The fourth-order valence-corrected chi connectivity index (χ4v) is 2.36. The standard InChI is InChI=1S/C14H24N2O3S/c1-4-20(18,19)16-14-7-5-13(6-8-14)12(3)15-10-9-11(2)17/h5-8,11-12,15-17H,4,9-10H2,1-3H3. The maximum Gasteiger partial charge on any atom is 0.232 e. The summed E-state index contributed by atoms with van der Waals surface area (Å²) in [5, 5.41) is 12.5. The van der Waals surface area contributed by atoms with Crippen LogP contribution in [0.4, 0.5) is 5.69 Å². The lowest BCUT2D eigenvalue weighted by Crippen LogP contribution is -2.22. The topological polar surface area (TPSA) is 78.4 Å². The summed E-state index contributed by atoms with van der Waals surface area (Å²) in [5.41, 5.74) is 1.65. The van der Waals surface area contributed by atoms with Crippen molar-refractivity contribution in [1.82, 2.24) is 5.32 Å². The van der Waals surface area contributed by atoms with E-state index in [2.05, 4.69) is 10.0 Å². The highest BCUT2D eigenvalue weighted by Gasteiger charge is 2.08. The lowest BCUT2D eigenvalue weighted by atomic mass is 10.1. The zero-order chi connectivity index (χ0) is 15.2. The number of hydrogen-bond donors (Lipinski definition) is 3. The second-order valence-electron chi connectivity index (χ2n) is 4.94. The Balaban J connectivity index is 2.57. The average Bonchev–Trinajstić information content (AvgIpc) is 2.38. The minimum Gasteiger partial charge on any atom is -0.393 e. The van der Waals surface area contributed by atoms with Gasteiger partial charge in [-0.25, -0.2) is 8.42 Å². The van der Waals surface area contributed by atoms with E-state index in [1.165, 1.54) is 0 Å². The molecule has 5 nitrogen and oxygen atoms in total. The van der Waals surface area contributed by atoms with Crippen LogP contribution in [0.2, 0.25) is 0 Å². The van der Waals surface area contributed by atoms with Gasteiger partial charge in [0.1, 0.15) is 0 Å². The van der Waals surface area contributed by atoms with Gasteiger partial charge in [0.05, 0.1) is 11.9 Å². The van der Waals surface area contributed by atoms with Gasteiger partial charge in [0.2, 0.25) is 10.0 Å². The molecule has 2 unspecified atom stereocenters. The number of aliphatic hydroxyl groups is 1. The van der Waals surface area contributed by atoms with E-state index in [-0.39, 0.29) is 17.9 Å². The molecule has 0 saturated carbocycles. The lowest BCUT2D eigenvalue weighted by molar-refractivity contribution is 0.182. The highest BCUT2D eigenvalue weighted by atomic mass is 32.2. The van der Waals surface area contributed by atoms with Crippen molar-refractivity contribution in [2.45, 2.75) is 39.3 Å². The van der Waals surface area contributed by atoms with Crippen molar-refractivity contribution in [3.05, 3.63) is 29.8 Å². The maximum atomic E-state index is 11.4. The third-order valence-electron chi connectivity index (χ3n) is 3.08. The van der Waals surface area contributed by atoms with Crippen LogP contribution in [0.3, 0.4) is 0 Å². The van der Waals surface area contributed by atoms with Crippen molar-refractivity contribution in [3.63, 3.8) is 0 Å². The van der Waals surface area contributed by atoms with Crippen LogP contribution >= 0.6 is 0 Å². The van der Waals surface area contributed by atoms with Gasteiger partial charge in [-0.1, -0.05) is 12.1 Å². The third kappa shape index (κ3) is 5.90. The zero-order valence-electron chi connectivity index (χ0n) is 12.3. The van der Waals surface area contributed by atoms with Crippen molar-refractivity contribution in [3.8, 4) is 0 Å². The molecule has 0 amide bonds. The van der Waals surface area contributed by atoms with E-state index in [1.54, 1.807) is 26.0 Å². The molecular weight excluding hydrogens is 276 g/mol. The highest BCUT2D eigenvalue weighted by Crippen LogP contribution is 2.17. The Bertz CT molecular complexity index is 498. The molecule has 0 aliphatic rings. The monoisotopic (exact) mass is 300 g/mol. The quantitative estimate of drug-likeness (QED) is 0.685. The summed E-state index contributed by atoms with van der Waals surface area (Å²) in [5.74, 6) is 0.0616. The number of aliphatic hydroxyl groups excluding tert-OH is 1. The molecule has 1 rings (SSSR count). The second-order valence-corrected chi connectivity index (χ2v) is 6.95. The molecule has 114 valence electrons. The van der Waals surface area contributed by atoms with Crippen LogP contribution in [-0.4, -0.2) is 31.9 Å². The molecule has 0 bridgehead atoms. The van der Waals surface area contributed by atoms with Crippen molar-refractivity contribution >= 4 is 15.7 Å². The maximum absolute atomic E-state index is 11.4.